The predicted octanol–water partition coefficient (Wildman–Crippen LogP) is 1.61. The maximum absolute atomic E-state index is 11.6. The summed E-state index contributed by atoms with van der Waals surface area (Å²) in [5.74, 6) is 5.74. The number of amides is 1. The van der Waals surface area contributed by atoms with Crippen LogP contribution >= 0.6 is 23.2 Å². The lowest BCUT2D eigenvalue weighted by Gasteiger charge is -2.16. The first-order valence-electron chi connectivity index (χ1n) is 5.36. The highest BCUT2D eigenvalue weighted by Gasteiger charge is 2.15. The van der Waals surface area contributed by atoms with E-state index in [1.807, 2.05) is 6.92 Å². The third-order valence-electron chi connectivity index (χ3n) is 2.16. The largest absolute Gasteiger partial charge is 0.357 e. The van der Waals surface area contributed by atoms with Crippen molar-refractivity contribution in [2.75, 3.05) is 17.3 Å². The molecule has 6 nitrogen and oxygen atoms in total. The van der Waals surface area contributed by atoms with Gasteiger partial charge in [0.1, 0.15) is 11.9 Å². The Labute approximate surface area is 115 Å². The summed E-state index contributed by atoms with van der Waals surface area (Å²) < 4.78 is 0. The van der Waals surface area contributed by atoms with E-state index in [4.69, 9.17) is 29.0 Å². The van der Waals surface area contributed by atoms with Crippen molar-refractivity contribution >= 4 is 40.7 Å². The molecule has 0 saturated heterocycles. The third-order valence-corrected chi connectivity index (χ3v) is 2.74. The van der Waals surface area contributed by atoms with Gasteiger partial charge in [-0.05, 0) is 19.9 Å². The summed E-state index contributed by atoms with van der Waals surface area (Å²) in [6.07, 6.45) is 0. The Hall–Kier alpha value is -1.24. The van der Waals surface area contributed by atoms with Crippen LogP contribution in [0.1, 0.15) is 13.8 Å². The van der Waals surface area contributed by atoms with Crippen LogP contribution in [0.5, 0.6) is 0 Å². The monoisotopic (exact) mass is 291 g/mol. The molecule has 8 heteroatoms. The molecule has 0 fully saturated rings. The van der Waals surface area contributed by atoms with Gasteiger partial charge in [0, 0.05) is 6.54 Å². The molecule has 0 aromatic carbocycles. The van der Waals surface area contributed by atoms with E-state index < -0.39 is 6.04 Å². The number of hydrazine groups is 1. The zero-order chi connectivity index (χ0) is 13.7. The topological polar surface area (TPSA) is 92.1 Å². The zero-order valence-electron chi connectivity index (χ0n) is 10.1. The summed E-state index contributed by atoms with van der Waals surface area (Å²) in [7, 11) is 0. The molecular weight excluding hydrogens is 277 g/mol. The van der Waals surface area contributed by atoms with Gasteiger partial charge in [0.25, 0.3) is 0 Å². The van der Waals surface area contributed by atoms with Crippen molar-refractivity contribution in [2.24, 2.45) is 5.84 Å². The molecular formula is C10H15Cl2N5O. The van der Waals surface area contributed by atoms with E-state index in [0.29, 0.717) is 22.4 Å². The lowest BCUT2D eigenvalue weighted by molar-refractivity contribution is -0.121. The highest BCUT2D eigenvalue weighted by atomic mass is 35.5. The Bertz CT molecular complexity index is 441. The summed E-state index contributed by atoms with van der Waals surface area (Å²) in [6.45, 7) is 4.10. The molecule has 0 spiro atoms. The molecule has 1 rings (SSSR count). The van der Waals surface area contributed by atoms with E-state index in [2.05, 4.69) is 21.0 Å². The summed E-state index contributed by atoms with van der Waals surface area (Å²) in [5, 5.41) is 6.19. The Morgan fingerprint density at radius 2 is 2.06 bits per heavy atom. The minimum Gasteiger partial charge on any atom is -0.357 e. The number of aromatic nitrogens is 1. The average molecular weight is 292 g/mol. The molecule has 1 atom stereocenters. The van der Waals surface area contributed by atoms with Gasteiger partial charge in [-0.2, -0.15) is 0 Å². The number of pyridine rings is 1. The number of nitrogens with two attached hydrogens (primary N) is 1. The number of carbonyl (C=O) groups is 1. The van der Waals surface area contributed by atoms with E-state index in [1.165, 1.54) is 6.07 Å². The fraction of sp³-hybridized carbons (Fsp3) is 0.400. The number of halogens is 2. The Kier molecular flexibility index (Phi) is 5.46. The van der Waals surface area contributed by atoms with Gasteiger partial charge in [0.2, 0.25) is 5.91 Å². The van der Waals surface area contributed by atoms with E-state index in [0.717, 1.165) is 0 Å². The molecule has 0 radical (unpaired) electrons. The lowest BCUT2D eigenvalue weighted by atomic mass is 10.3. The number of likely N-dealkylation sites (N-methyl/N-ethyl adjacent to an activating group) is 1. The van der Waals surface area contributed by atoms with Gasteiger partial charge >= 0.3 is 0 Å². The number of carbonyl (C=O) groups excluding carboxylic acids is 1. The normalized spacial score (nSPS) is 11.8. The smallest absolute Gasteiger partial charge is 0.242 e. The summed E-state index contributed by atoms with van der Waals surface area (Å²) in [5.41, 5.74) is 2.35. The third kappa shape index (κ3) is 3.63. The van der Waals surface area contributed by atoms with Gasteiger partial charge in [-0.3, -0.25) is 4.79 Å². The molecule has 0 saturated carbocycles. The first-order chi connectivity index (χ1) is 8.49. The molecule has 0 aliphatic heterocycles. The number of rotatable bonds is 5. The maximum Gasteiger partial charge on any atom is 0.242 e. The lowest BCUT2D eigenvalue weighted by Crippen LogP contribution is -2.37. The molecule has 100 valence electrons. The quantitative estimate of drug-likeness (QED) is 0.489. The molecule has 5 N–H and O–H groups in total. The van der Waals surface area contributed by atoms with Crippen molar-refractivity contribution in [2.45, 2.75) is 19.9 Å². The fourth-order valence-electron chi connectivity index (χ4n) is 1.27. The van der Waals surface area contributed by atoms with Crippen LogP contribution in [0.3, 0.4) is 0 Å². The van der Waals surface area contributed by atoms with Crippen LogP contribution in [-0.2, 0) is 4.79 Å². The second kappa shape index (κ2) is 6.63. The second-order valence-corrected chi connectivity index (χ2v) is 4.37. The van der Waals surface area contributed by atoms with Crippen LogP contribution in [-0.4, -0.2) is 23.5 Å². The Balaban J connectivity index is 2.87. The summed E-state index contributed by atoms with van der Waals surface area (Å²) >= 11 is 11.8. The number of nitrogens with one attached hydrogen (secondary N) is 3. The van der Waals surface area contributed by atoms with E-state index in [9.17, 15) is 4.79 Å². The van der Waals surface area contributed by atoms with E-state index in [1.54, 1.807) is 6.92 Å². The molecule has 1 unspecified atom stereocenters. The van der Waals surface area contributed by atoms with Crippen LogP contribution < -0.4 is 21.9 Å². The van der Waals surface area contributed by atoms with Crippen LogP contribution in [0.2, 0.25) is 10.0 Å². The van der Waals surface area contributed by atoms with Crippen molar-refractivity contribution in [3.63, 3.8) is 0 Å². The van der Waals surface area contributed by atoms with Crippen LogP contribution in [0.25, 0.3) is 0 Å². The van der Waals surface area contributed by atoms with Crippen LogP contribution in [0.4, 0.5) is 11.6 Å². The fourth-order valence-corrected chi connectivity index (χ4v) is 1.73. The second-order valence-electron chi connectivity index (χ2n) is 3.55. The number of nitrogens with zero attached hydrogens (tertiary/aromatic N) is 1. The number of hydrogen-bond acceptors (Lipinski definition) is 5. The molecule has 1 aromatic heterocycles. The highest BCUT2D eigenvalue weighted by molar-refractivity contribution is 6.37. The van der Waals surface area contributed by atoms with Gasteiger partial charge in [-0.1, -0.05) is 23.2 Å². The molecule has 0 aliphatic rings. The predicted molar refractivity (Wildman–Crippen MR) is 73.8 cm³/mol. The molecule has 0 aliphatic carbocycles. The van der Waals surface area contributed by atoms with Gasteiger partial charge in [-0.25, -0.2) is 10.8 Å². The molecule has 1 heterocycles. The number of nitrogen functional groups attached to an aromatic ring is 1. The van der Waals surface area contributed by atoms with Crippen molar-refractivity contribution in [1.29, 1.82) is 0 Å². The van der Waals surface area contributed by atoms with Crippen molar-refractivity contribution in [3.8, 4) is 0 Å². The van der Waals surface area contributed by atoms with Crippen molar-refractivity contribution < 1.29 is 4.79 Å². The van der Waals surface area contributed by atoms with Crippen molar-refractivity contribution in [1.82, 2.24) is 10.3 Å². The Morgan fingerprint density at radius 3 is 2.61 bits per heavy atom. The molecule has 0 bridgehead atoms. The molecule has 1 aromatic rings. The zero-order valence-corrected chi connectivity index (χ0v) is 11.6. The van der Waals surface area contributed by atoms with E-state index in [-0.39, 0.29) is 11.7 Å². The van der Waals surface area contributed by atoms with Crippen LogP contribution in [0, 0.1) is 0 Å². The standard InChI is InChI=1S/C10H15Cl2N5O/c1-3-14-10(18)5(2)15-8-6(11)4-7(12)9(16-8)17-13/h4-5H,3,13H2,1-2H3,(H,14,18)(H2,15,16,17). The number of anilines is 2. The van der Waals surface area contributed by atoms with Gasteiger partial charge in [0.05, 0.1) is 10.0 Å². The number of hydrogen-bond donors (Lipinski definition) is 4. The first-order valence-corrected chi connectivity index (χ1v) is 6.12. The minimum atomic E-state index is -0.471. The van der Waals surface area contributed by atoms with Gasteiger partial charge in [-0.15, -0.1) is 0 Å². The first kappa shape index (κ1) is 14.8. The average Bonchev–Trinajstić information content (AvgIpc) is 2.32. The Morgan fingerprint density at radius 1 is 1.44 bits per heavy atom. The minimum absolute atomic E-state index is 0.146. The molecule has 18 heavy (non-hydrogen) atoms. The summed E-state index contributed by atoms with van der Waals surface area (Å²) in [4.78, 5) is 15.7. The maximum atomic E-state index is 11.6. The molecule has 1 amide bonds. The van der Waals surface area contributed by atoms with Gasteiger partial charge in [0.15, 0.2) is 5.82 Å². The SMILES string of the molecule is CCNC(=O)C(C)Nc1nc(NN)c(Cl)cc1Cl. The summed E-state index contributed by atoms with van der Waals surface area (Å²) in [6, 6.07) is 1.03. The van der Waals surface area contributed by atoms with Crippen molar-refractivity contribution in [3.05, 3.63) is 16.1 Å². The van der Waals surface area contributed by atoms with Crippen LogP contribution in [0.15, 0.2) is 6.07 Å². The van der Waals surface area contributed by atoms with E-state index >= 15 is 0 Å². The van der Waals surface area contributed by atoms with Gasteiger partial charge < -0.3 is 16.1 Å². The highest BCUT2D eigenvalue weighted by Crippen LogP contribution is 2.28.